The molecule has 2 nitrogen and oxygen atoms in total. The van der Waals surface area contributed by atoms with Gasteiger partial charge < -0.3 is 5.32 Å². The molecule has 2 rings (SSSR count). The van der Waals surface area contributed by atoms with Gasteiger partial charge in [0, 0.05) is 17.3 Å². The molecule has 0 aliphatic carbocycles. The van der Waals surface area contributed by atoms with Gasteiger partial charge in [-0.3, -0.25) is 4.79 Å². The Balaban J connectivity index is 1.72. The van der Waals surface area contributed by atoms with E-state index >= 15 is 0 Å². The number of halogens is 1. The van der Waals surface area contributed by atoms with Crippen molar-refractivity contribution in [2.24, 2.45) is 0 Å². The van der Waals surface area contributed by atoms with Gasteiger partial charge in [-0.2, -0.15) is 0 Å². The Morgan fingerprint density at radius 1 is 1.19 bits per heavy atom. The predicted molar refractivity (Wildman–Crippen MR) is 90.6 cm³/mol. The fraction of sp³-hybridized carbons (Fsp3) is 0.235. The molecule has 21 heavy (non-hydrogen) atoms. The van der Waals surface area contributed by atoms with Gasteiger partial charge in [0.25, 0.3) is 0 Å². The molecule has 0 heterocycles. The fourth-order valence-electron chi connectivity index (χ4n) is 1.94. The van der Waals surface area contributed by atoms with Gasteiger partial charge in [0.1, 0.15) is 0 Å². The summed E-state index contributed by atoms with van der Waals surface area (Å²) in [7, 11) is 0. The van der Waals surface area contributed by atoms with Gasteiger partial charge in [-0.15, -0.1) is 11.8 Å². The molecule has 0 fully saturated rings. The molecule has 0 saturated heterocycles. The number of amides is 1. The first kappa shape index (κ1) is 15.9. The summed E-state index contributed by atoms with van der Waals surface area (Å²) in [6, 6.07) is 15.8. The first-order chi connectivity index (χ1) is 10.1. The number of rotatable bonds is 6. The Hall–Kier alpha value is -1.45. The molecule has 0 aliphatic rings. The van der Waals surface area contributed by atoms with Crippen LogP contribution in [-0.2, 0) is 17.1 Å². The third-order valence-corrected chi connectivity index (χ3v) is 4.37. The quantitative estimate of drug-likeness (QED) is 0.864. The minimum atomic E-state index is 0.0604. The van der Waals surface area contributed by atoms with E-state index in [2.05, 4.69) is 18.3 Å². The smallest absolute Gasteiger partial charge is 0.230 e. The third kappa shape index (κ3) is 5.44. The summed E-state index contributed by atoms with van der Waals surface area (Å²) in [5.41, 5.74) is 3.49. The van der Waals surface area contributed by atoms with E-state index in [4.69, 9.17) is 11.6 Å². The van der Waals surface area contributed by atoms with Gasteiger partial charge >= 0.3 is 0 Å². The van der Waals surface area contributed by atoms with E-state index in [1.807, 2.05) is 42.5 Å². The zero-order valence-electron chi connectivity index (χ0n) is 11.9. The second-order valence-corrected chi connectivity index (χ2v) is 6.25. The first-order valence-corrected chi connectivity index (χ1v) is 8.32. The zero-order chi connectivity index (χ0) is 15.1. The maximum atomic E-state index is 11.8. The summed E-state index contributed by atoms with van der Waals surface area (Å²) in [4.78, 5) is 11.8. The van der Waals surface area contributed by atoms with E-state index in [0.717, 1.165) is 21.9 Å². The normalized spacial score (nSPS) is 10.4. The summed E-state index contributed by atoms with van der Waals surface area (Å²) in [6.45, 7) is 2.64. The summed E-state index contributed by atoms with van der Waals surface area (Å²) in [5.74, 6) is 1.31. The minimum Gasteiger partial charge on any atom is -0.351 e. The van der Waals surface area contributed by atoms with Crippen molar-refractivity contribution in [3.8, 4) is 0 Å². The van der Waals surface area contributed by atoms with Crippen LogP contribution in [0.1, 0.15) is 16.7 Å². The van der Waals surface area contributed by atoms with Crippen LogP contribution in [0.4, 0.5) is 0 Å². The number of hydrogen-bond acceptors (Lipinski definition) is 2. The van der Waals surface area contributed by atoms with E-state index in [9.17, 15) is 4.79 Å². The Morgan fingerprint density at radius 2 is 2.00 bits per heavy atom. The van der Waals surface area contributed by atoms with Crippen LogP contribution in [0.25, 0.3) is 0 Å². The van der Waals surface area contributed by atoms with Gasteiger partial charge in [-0.05, 0) is 35.7 Å². The van der Waals surface area contributed by atoms with Crippen molar-refractivity contribution in [2.75, 3.05) is 5.75 Å². The number of aryl methyl sites for hydroxylation is 1. The van der Waals surface area contributed by atoms with Gasteiger partial charge in [0.05, 0.1) is 5.75 Å². The van der Waals surface area contributed by atoms with Crippen LogP contribution >= 0.6 is 23.4 Å². The molecule has 2 aromatic rings. The van der Waals surface area contributed by atoms with Gasteiger partial charge in [0.2, 0.25) is 5.91 Å². The summed E-state index contributed by atoms with van der Waals surface area (Å²) < 4.78 is 0. The van der Waals surface area contributed by atoms with E-state index in [1.165, 1.54) is 5.56 Å². The Kier molecular flexibility index (Phi) is 6.15. The molecule has 0 spiro atoms. The summed E-state index contributed by atoms with van der Waals surface area (Å²) in [6.07, 6.45) is 0. The highest BCUT2D eigenvalue weighted by molar-refractivity contribution is 7.99. The lowest BCUT2D eigenvalue weighted by Gasteiger charge is -2.08. The van der Waals surface area contributed by atoms with E-state index in [-0.39, 0.29) is 5.91 Å². The number of thioether (sulfide) groups is 1. The van der Waals surface area contributed by atoms with Crippen LogP contribution in [0, 0.1) is 6.92 Å². The highest BCUT2D eigenvalue weighted by Crippen LogP contribution is 2.16. The molecular formula is C17H18ClNOS. The van der Waals surface area contributed by atoms with E-state index < -0.39 is 0 Å². The second kappa shape index (κ2) is 8.11. The number of nitrogens with one attached hydrogen (secondary N) is 1. The Labute approximate surface area is 134 Å². The van der Waals surface area contributed by atoms with Crippen molar-refractivity contribution < 1.29 is 4.79 Å². The average Bonchev–Trinajstić information content (AvgIpc) is 2.46. The van der Waals surface area contributed by atoms with E-state index in [1.54, 1.807) is 11.8 Å². The van der Waals surface area contributed by atoms with Crippen LogP contribution in [0.15, 0.2) is 48.5 Å². The molecule has 110 valence electrons. The van der Waals surface area contributed by atoms with Crippen molar-refractivity contribution in [3.63, 3.8) is 0 Å². The fourth-order valence-corrected chi connectivity index (χ4v) is 2.96. The lowest BCUT2D eigenvalue weighted by Crippen LogP contribution is -2.24. The highest BCUT2D eigenvalue weighted by Gasteiger charge is 2.03. The molecule has 0 unspecified atom stereocenters. The lowest BCUT2D eigenvalue weighted by atomic mass is 10.1. The zero-order valence-corrected chi connectivity index (χ0v) is 13.5. The second-order valence-electron chi connectivity index (χ2n) is 4.83. The average molecular weight is 320 g/mol. The molecule has 0 atom stereocenters. The summed E-state index contributed by atoms with van der Waals surface area (Å²) >= 11 is 7.52. The molecule has 1 N–H and O–H groups in total. The monoisotopic (exact) mass is 319 g/mol. The lowest BCUT2D eigenvalue weighted by molar-refractivity contribution is -0.118. The van der Waals surface area contributed by atoms with Crippen molar-refractivity contribution in [1.82, 2.24) is 5.32 Å². The number of carbonyl (C=O) groups is 1. The number of benzene rings is 2. The first-order valence-electron chi connectivity index (χ1n) is 6.78. The minimum absolute atomic E-state index is 0.0604. The van der Waals surface area contributed by atoms with Crippen molar-refractivity contribution in [2.45, 2.75) is 19.2 Å². The van der Waals surface area contributed by atoms with Crippen LogP contribution in [-0.4, -0.2) is 11.7 Å². The standard InChI is InChI=1S/C17H18ClNOS/c1-13-5-2-3-7-15(13)10-19-17(20)12-21-11-14-6-4-8-16(18)9-14/h2-9H,10-12H2,1H3,(H,19,20). The largest absolute Gasteiger partial charge is 0.351 e. The van der Waals surface area contributed by atoms with Gasteiger partial charge in [-0.1, -0.05) is 48.0 Å². The van der Waals surface area contributed by atoms with Gasteiger partial charge in [0.15, 0.2) is 0 Å². The molecule has 0 radical (unpaired) electrons. The molecule has 0 bridgehead atoms. The number of carbonyl (C=O) groups excluding carboxylic acids is 1. The van der Waals surface area contributed by atoms with Crippen LogP contribution in [0.2, 0.25) is 5.02 Å². The Morgan fingerprint density at radius 3 is 2.76 bits per heavy atom. The Bertz CT molecular complexity index is 615. The van der Waals surface area contributed by atoms with Crippen LogP contribution < -0.4 is 5.32 Å². The topological polar surface area (TPSA) is 29.1 Å². The molecule has 0 aliphatic heterocycles. The molecule has 0 aromatic heterocycles. The van der Waals surface area contributed by atoms with Crippen molar-refractivity contribution in [3.05, 3.63) is 70.2 Å². The van der Waals surface area contributed by atoms with Gasteiger partial charge in [-0.25, -0.2) is 0 Å². The van der Waals surface area contributed by atoms with Crippen molar-refractivity contribution in [1.29, 1.82) is 0 Å². The third-order valence-electron chi connectivity index (χ3n) is 3.13. The number of hydrogen-bond donors (Lipinski definition) is 1. The van der Waals surface area contributed by atoms with Crippen LogP contribution in [0.3, 0.4) is 0 Å². The summed E-state index contributed by atoms with van der Waals surface area (Å²) in [5, 5.41) is 3.69. The maximum absolute atomic E-state index is 11.8. The maximum Gasteiger partial charge on any atom is 0.230 e. The molecule has 2 aromatic carbocycles. The molecule has 1 amide bonds. The molecular weight excluding hydrogens is 302 g/mol. The predicted octanol–water partition coefficient (Wildman–Crippen LogP) is 4.20. The van der Waals surface area contributed by atoms with E-state index in [0.29, 0.717) is 12.3 Å². The van der Waals surface area contributed by atoms with Crippen LogP contribution in [0.5, 0.6) is 0 Å². The molecule has 0 saturated carbocycles. The SMILES string of the molecule is Cc1ccccc1CNC(=O)CSCc1cccc(Cl)c1. The highest BCUT2D eigenvalue weighted by atomic mass is 35.5. The molecule has 4 heteroatoms. The van der Waals surface area contributed by atoms with Crippen molar-refractivity contribution >= 4 is 29.3 Å².